The Hall–Kier alpha value is -0.600. The van der Waals surface area contributed by atoms with Gasteiger partial charge in [0.1, 0.15) is 5.02 Å². The molecule has 1 aliphatic heterocycles. The highest BCUT2D eigenvalue weighted by molar-refractivity contribution is 6.43. The van der Waals surface area contributed by atoms with Crippen LogP contribution in [0.2, 0.25) is 10.0 Å². The molecule has 0 aliphatic carbocycles. The molecule has 70 valence electrons. The maximum absolute atomic E-state index is 5.99. The van der Waals surface area contributed by atoms with E-state index < -0.39 is 0 Å². The summed E-state index contributed by atoms with van der Waals surface area (Å²) in [5, 5.41) is 4.25. The molecule has 1 aromatic carbocycles. The monoisotopic (exact) mass is 217 g/mol. The van der Waals surface area contributed by atoms with Gasteiger partial charge >= 0.3 is 0 Å². The largest absolute Gasteiger partial charge is 0.490 e. The lowest BCUT2D eigenvalue weighted by atomic mass is 10.3. The molecule has 0 radical (unpaired) electrons. The van der Waals surface area contributed by atoms with Crippen molar-refractivity contribution in [2.24, 2.45) is 0 Å². The van der Waals surface area contributed by atoms with Crippen molar-refractivity contribution in [2.75, 3.05) is 18.5 Å². The third-order valence-corrected chi connectivity index (χ3v) is 2.72. The lowest BCUT2D eigenvalue weighted by Gasteiger charge is -2.09. The summed E-state index contributed by atoms with van der Waals surface area (Å²) in [4.78, 5) is 0. The molecule has 2 nitrogen and oxygen atoms in total. The average Bonchev–Trinajstić information content (AvgIpc) is 2.36. The van der Waals surface area contributed by atoms with Crippen LogP contribution in [0, 0.1) is 0 Å². The number of rotatable bonds is 0. The van der Waals surface area contributed by atoms with Crippen molar-refractivity contribution in [1.82, 2.24) is 0 Å². The lowest BCUT2D eigenvalue weighted by Crippen LogP contribution is -1.99. The molecule has 0 amide bonds. The maximum Gasteiger partial charge on any atom is 0.162 e. The third-order valence-electron chi connectivity index (χ3n) is 1.93. The van der Waals surface area contributed by atoms with E-state index in [0.29, 0.717) is 22.4 Å². The summed E-state index contributed by atoms with van der Waals surface area (Å²) in [6, 6.07) is 3.65. The van der Waals surface area contributed by atoms with Crippen LogP contribution in [0.4, 0.5) is 5.69 Å². The number of hydrogen-bond acceptors (Lipinski definition) is 2. The van der Waals surface area contributed by atoms with E-state index in [2.05, 4.69) is 5.32 Å². The SMILES string of the molecule is Clc1ccc2c(c1Cl)OCCCN2. The second-order valence-corrected chi connectivity index (χ2v) is 3.65. The lowest BCUT2D eigenvalue weighted by molar-refractivity contribution is 0.323. The fourth-order valence-corrected chi connectivity index (χ4v) is 1.65. The van der Waals surface area contributed by atoms with E-state index in [0.717, 1.165) is 18.7 Å². The molecule has 1 aliphatic rings. The second kappa shape index (κ2) is 3.64. The smallest absolute Gasteiger partial charge is 0.162 e. The Morgan fingerprint density at radius 3 is 3.00 bits per heavy atom. The zero-order valence-corrected chi connectivity index (χ0v) is 8.45. The number of ether oxygens (including phenoxy) is 1. The van der Waals surface area contributed by atoms with Crippen LogP contribution in [0.3, 0.4) is 0 Å². The van der Waals surface area contributed by atoms with E-state index in [9.17, 15) is 0 Å². The Balaban J connectivity index is 2.48. The predicted octanol–water partition coefficient (Wildman–Crippen LogP) is 3.19. The normalized spacial score (nSPS) is 15.2. The summed E-state index contributed by atoms with van der Waals surface area (Å²) >= 11 is 11.8. The fourth-order valence-electron chi connectivity index (χ4n) is 1.28. The van der Waals surface area contributed by atoms with Gasteiger partial charge in [-0.25, -0.2) is 0 Å². The van der Waals surface area contributed by atoms with E-state index in [4.69, 9.17) is 27.9 Å². The van der Waals surface area contributed by atoms with Gasteiger partial charge in [-0.2, -0.15) is 0 Å². The van der Waals surface area contributed by atoms with Crippen LogP contribution in [0.15, 0.2) is 12.1 Å². The molecule has 1 heterocycles. The first-order chi connectivity index (χ1) is 6.29. The molecule has 0 saturated heterocycles. The van der Waals surface area contributed by atoms with Crippen LogP contribution in [-0.4, -0.2) is 13.2 Å². The van der Waals surface area contributed by atoms with E-state index in [1.54, 1.807) is 6.07 Å². The summed E-state index contributed by atoms with van der Waals surface area (Å²) in [5.41, 5.74) is 0.923. The molecule has 0 saturated carbocycles. The molecular formula is C9H9Cl2NO. The second-order valence-electron chi connectivity index (χ2n) is 2.87. The molecule has 0 fully saturated rings. The minimum atomic E-state index is 0.494. The van der Waals surface area contributed by atoms with Crippen molar-refractivity contribution in [3.05, 3.63) is 22.2 Å². The number of halogens is 2. The first-order valence-electron chi connectivity index (χ1n) is 4.14. The van der Waals surface area contributed by atoms with Crippen molar-refractivity contribution in [2.45, 2.75) is 6.42 Å². The Kier molecular flexibility index (Phi) is 2.51. The van der Waals surface area contributed by atoms with Gasteiger partial charge in [0.25, 0.3) is 0 Å². The van der Waals surface area contributed by atoms with Crippen LogP contribution in [0.25, 0.3) is 0 Å². The van der Waals surface area contributed by atoms with Crippen molar-refractivity contribution < 1.29 is 4.74 Å². The molecule has 2 rings (SSSR count). The van der Waals surface area contributed by atoms with E-state index >= 15 is 0 Å². The average molecular weight is 218 g/mol. The van der Waals surface area contributed by atoms with E-state index in [1.165, 1.54) is 0 Å². The van der Waals surface area contributed by atoms with E-state index in [1.807, 2.05) is 6.07 Å². The van der Waals surface area contributed by atoms with Gasteiger partial charge in [0.2, 0.25) is 0 Å². The van der Waals surface area contributed by atoms with Crippen LogP contribution in [0.5, 0.6) is 5.75 Å². The molecule has 4 heteroatoms. The predicted molar refractivity (Wildman–Crippen MR) is 55.1 cm³/mol. The highest BCUT2D eigenvalue weighted by atomic mass is 35.5. The summed E-state index contributed by atoms with van der Waals surface area (Å²) in [7, 11) is 0. The Labute approximate surface area is 86.8 Å². The Bertz CT molecular complexity index is 328. The zero-order valence-electron chi connectivity index (χ0n) is 6.94. The summed E-state index contributed by atoms with van der Waals surface area (Å²) < 4.78 is 5.48. The Morgan fingerprint density at radius 2 is 2.15 bits per heavy atom. The molecule has 13 heavy (non-hydrogen) atoms. The zero-order chi connectivity index (χ0) is 9.26. The van der Waals surface area contributed by atoms with Gasteiger partial charge in [-0.1, -0.05) is 23.2 Å². The summed E-state index contributed by atoms with van der Waals surface area (Å²) in [6.07, 6.45) is 0.975. The van der Waals surface area contributed by atoms with Crippen molar-refractivity contribution in [3.8, 4) is 5.75 Å². The molecule has 1 N–H and O–H groups in total. The number of nitrogens with one attached hydrogen (secondary N) is 1. The van der Waals surface area contributed by atoms with E-state index in [-0.39, 0.29) is 0 Å². The molecular weight excluding hydrogens is 209 g/mol. The highest BCUT2D eigenvalue weighted by Crippen LogP contribution is 2.39. The first kappa shape index (κ1) is 8.97. The molecule has 0 aromatic heterocycles. The number of hydrogen-bond donors (Lipinski definition) is 1. The van der Waals surface area contributed by atoms with Crippen LogP contribution < -0.4 is 10.1 Å². The van der Waals surface area contributed by atoms with Crippen molar-refractivity contribution in [3.63, 3.8) is 0 Å². The van der Waals surface area contributed by atoms with Crippen molar-refractivity contribution in [1.29, 1.82) is 0 Å². The summed E-state index contributed by atoms with van der Waals surface area (Å²) in [6.45, 7) is 1.59. The highest BCUT2D eigenvalue weighted by Gasteiger charge is 2.14. The standard InChI is InChI=1S/C9H9Cl2NO/c10-6-2-3-7-9(8(6)11)13-5-1-4-12-7/h2-3,12H,1,4-5H2. The number of benzene rings is 1. The van der Waals surface area contributed by atoms with Gasteiger partial charge in [0, 0.05) is 6.54 Å². The minimum Gasteiger partial charge on any atom is -0.490 e. The first-order valence-corrected chi connectivity index (χ1v) is 4.89. The van der Waals surface area contributed by atoms with Crippen molar-refractivity contribution >= 4 is 28.9 Å². The fraction of sp³-hybridized carbons (Fsp3) is 0.333. The molecule has 0 spiro atoms. The number of anilines is 1. The minimum absolute atomic E-state index is 0.494. The van der Waals surface area contributed by atoms with Crippen LogP contribution >= 0.6 is 23.2 Å². The molecule has 0 atom stereocenters. The van der Waals surface area contributed by atoms with Crippen LogP contribution in [-0.2, 0) is 0 Å². The van der Waals surface area contributed by atoms with Gasteiger partial charge in [0.15, 0.2) is 5.75 Å². The van der Waals surface area contributed by atoms with Gasteiger partial charge in [-0.05, 0) is 18.6 Å². The molecule has 0 bridgehead atoms. The van der Waals surface area contributed by atoms with Gasteiger partial charge in [-0.15, -0.1) is 0 Å². The van der Waals surface area contributed by atoms with Crippen LogP contribution in [0.1, 0.15) is 6.42 Å². The van der Waals surface area contributed by atoms with Gasteiger partial charge < -0.3 is 10.1 Å². The molecule has 1 aromatic rings. The quantitative estimate of drug-likeness (QED) is 0.721. The Morgan fingerprint density at radius 1 is 1.31 bits per heavy atom. The third kappa shape index (κ3) is 1.69. The van der Waals surface area contributed by atoms with Gasteiger partial charge in [-0.3, -0.25) is 0 Å². The topological polar surface area (TPSA) is 21.3 Å². The van der Waals surface area contributed by atoms with Gasteiger partial charge in [0.05, 0.1) is 17.3 Å². The number of fused-ring (bicyclic) bond motifs is 1. The summed E-state index contributed by atoms with van der Waals surface area (Å²) in [5.74, 6) is 0.673. The molecule has 0 unspecified atom stereocenters. The maximum atomic E-state index is 5.99.